The minimum atomic E-state index is -0.253. The highest BCUT2D eigenvalue weighted by Gasteiger charge is 2.25. The summed E-state index contributed by atoms with van der Waals surface area (Å²) in [5.41, 5.74) is 10.9. The van der Waals surface area contributed by atoms with Gasteiger partial charge in [0.25, 0.3) is 0 Å². The molecule has 1 saturated heterocycles. The summed E-state index contributed by atoms with van der Waals surface area (Å²) >= 11 is 2.02. The van der Waals surface area contributed by atoms with Gasteiger partial charge in [-0.1, -0.05) is 6.92 Å². The molecule has 0 saturated carbocycles. The molecule has 0 aromatic carbocycles. The van der Waals surface area contributed by atoms with Crippen LogP contribution in [-0.2, 0) is 4.79 Å². The quantitative estimate of drug-likeness (QED) is 0.699. The van der Waals surface area contributed by atoms with Crippen molar-refractivity contribution in [2.24, 2.45) is 11.5 Å². The van der Waals surface area contributed by atoms with Gasteiger partial charge in [0.1, 0.15) is 0 Å². The lowest BCUT2D eigenvalue weighted by Crippen LogP contribution is -2.49. The van der Waals surface area contributed by atoms with E-state index < -0.39 is 0 Å². The highest BCUT2D eigenvalue weighted by molar-refractivity contribution is 8.00. The first-order valence-electron chi connectivity index (χ1n) is 5.51. The van der Waals surface area contributed by atoms with Gasteiger partial charge in [-0.3, -0.25) is 9.69 Å². The topological polar surface area (TPSA) is 72.3 Å². The van der Waals surface area contributed by atoms with E-state index in [0.29, 0.717) is 18.2 Å². The van der Waals surface area contributed by atoms with Crippen molar-refractivity contribution in [1.29, 1.82) is 0 Å². The largest absolute Gasteiger partial charge is 0.370 e. The predicted octanol–water partition coefficient (Wildman–Crippen LogP) is 0.0165. The van der Waals surface area contributed by atoms with Crippen molar-refractivity contribution in [1.82, 2.24) is 4.90 Å². The Balaban J connectivity index is 2.47. The summed E-state index contributed by atoms with van der Waals surface area (Å²) in [4.78, 5) is 13.2. The Kier molecular flexibility index (Phi) is 5.42. The normalized spacial score (nSPS) is 25.1. The first-order chi connectivity index (χ1) is 7.17. The van der Waals surface area contributed by atoms with Gasteiger partial charge < -0.3 is 11.5 Å². The fourth-order valence-electron chi connectivity index (χ4n) is 1.91. The Morgan fingerprint density at radius 3 is 2.93 bits per heavy atom. The van der Waals surface area contributed by atoms with E-state index in [1.54, 1.807) is 0 Å². The van der Waals surface area contributed by atoms with Crippen LogP contribution in [0.15, 0.2) is 0 Å². The van der Waals surface area contributed by atoms with Crippen molar-refractivity contribution in [3.05, 3.63) is 0 Å². The average molecular weight is 231 g/mol. The number of nitrogens with two attached hydrogens (primary N) is 2. The van der Waals surface area contributed by atoms with Crippen molar-refractivity contribution in [3.63, 3.8) is 0 Å². The zero-order chi connectivity index (χ0) is 11.3. The van der Waals surface area contributed by atoms with E-state index in [9.17, 15) is 4.79 Å². The molecule has 0 radical (unpaired) electrons. The lowest BCUT2D eigenvalue weighted by molar-refractivity contribution is -0.119. The Bertz CT molecular complexity index is 213. The van der Waals surface area contributed by atoms with Crippen molar-refractivity contribution >= 4 is 17.7 Å². The molecule has 1 rings (SSSR count). The summed E-state index contributed by atoms with van der Waals surface area (Å²) in [6.07, 6.45) is 1.56. The van der Waals surface area contributed by atoms with Crippen LogP contribution in [0.1, 0.15) is 19.8 Å². The van der Waals surface area contributed by atoms with Gasteiger partial charge in [-0.25, -0.2) is 0 Å². The zero-order valence-corrected chi connectivity index (χ0v) is 10.1. The second-order valence-corrected chi connectivity index (χ2v) is 5.36. The zero-order valence-electron chi connectivity index (χ0n) is 9.32. The number of rotatable bonds is 5. The van der Waals surface area contributed by atoms with Gasteiger partial charge in [-0.15, -0.1) is 0 Å². The SMILES string of the molecule is CCC1CN(C(CN)CC(N)=O)CCS1. The standard InChI is InChI=1S/C10H21N3OS/c1-2-9-7-13(3-4-15-9)8(6-11)5-10(12)14/h8-9H,2-7,11H2,1H3,(H2,12,14). The molecule has 0 bridgehead atoms. The van der Waals surface area contributed by atoms with Crippen molar-refractivity contribution in [2.45, 2.75) is 31.1 Å². The number of primary amides is 1. The van der Waals surface area contributed by atoms with Gasteiger partial charge in [0.15, 0.2) is 0 Å². The number of thioether (sulfide) groups is 1. The minimum absolute atomic E-state index is 0.137. The van der Waals surface area contributed by atoms with Crippen LogP contribution in [0.2, 0.25) is 0 Å². The van der Waals surface area contributed by atoms with Crippen LogP contribution in [0.4, 0.5) is 0 Å². The summed E-state index contributed by atoms with van der Waals surface area (Å²) in [6, 6.07) is 0.137. The fraction of sp³-hybridized carbons (Fsp3) is 0.900. The predicted molar refractivity (Wildman–Crippen MR) is 64.8 cm³/mol. The summed E-state index contributed by atoms with van der Waals surface area (Å²) in [5, 5.41) is 0.681. The van der Waals surface area contributed by atoms with E-state index in [-0.39, 0.29) is 11.9 Å². The maximum atomic E-state index is 10.9. The Hall–Kier alpha value is -0.260. The number of carbonyl (C=O) groups excluding carboxylic acids is 1. The smallest absolute Gasteiger partial charge is 0.219 e. The van der Waals surface area contributed by atoms with Crippen LogP contribution in [-0.4, -0.2) is 47.5 Å². The number of hydrogen-bond donors (Lipinski definition) is 2. The molecule has 2 atom stereocenters. The molecule has 0 aromatic heterocycles. The molecule has 0 spiro atoms. The van der Waals surface area contributed by atoms with Gasteiger partial charge in [-0.2, -0.15) is 11.8 Å². The second kappa shape index (κ2) is 6.35. The Labute approximate surface area is 95.7 Å². The van der Waals surface area contributed by atoms with Crippen LogP contribution < -0.4 is 11.5 Å². The summed E-state index contributed by atoms with van der Waals surface area (Å²) in [6.45, 7) is 4.78. The highest BCUT2D eigenvalue weighted by atomic mass is 32.2. The monoisotopic (exact) mass is 231 g/mol. The van der Waals surface area contributed by atoms with Crippen LogP contribution in [0.3, 0.4) is 0 Å². The number of amides is 1. The summed E-state index contributed by atoms with van der Waals surface area (Å²) in [7, 11) is 0. The van der Waals surface area contributed by atoms with E-state index in [4.69, 9.17) is 11.5 Å². The molecule has 2 unspecified atom stereocenters. The molecule has 0 aromatic rings. The van der Waals surface area contributed by atoms with Crippen LogP contribution in [0.25, 0.3) is 0 Å². The third kappa shape index (κ3) is 4.01. The fourth-order valence-corrected chi connectivity index (χ4v) is 3.12. The number of nitrogens with zero attached hydrogens (tertiary/aromatic N) is 1. The van der Waals surface area contributed by atoms with Gasteiger partial charge >= 0.3 is 0 Å². The summed E-state index contributed by atoms with van der Waals surface area (Å²) < 4.78 is 0. The Morgan fingerprint density at radius 1 is 1.67 bits per heavy atom. The molecule has 1 aliphatic rings. The second-order valence-electron chi connectivity index (χ2n) is 3.96. The van der Waals surface area contributed by atoms with Gasteiger partial charge in [0.2, 0.25) is 5.91 Å². The highest BCUT2D eigenvalue weighted by Crippen LogP contribution is 2.22. The molecule has 15 heavy (non-hydrogen) atoms. The van der Waals surface area contributed by atoms with Crippen LogP contribution >= 0.6 is 11.8 Å². The van der Waals surface area contributed by atoms with Crippen LogP contribution in [0, 0.1) is 0 Å². The maximum Gasteiger partial charge on any atom is 0.219 e. The lowest BCUT2D eigenvalue weighted by Gasteiger charge is -2.36. The van der Waals surface area contributed by atoms with Crippen LogP contribution in [0.5, 0.6) is 0 Å². The maximum absolute atomic E-state index is 10.9. The molecule has 0 aliphatic carbocycles. The van der Waals surface area contributed by atoms with Crippen molar-refractivity contribution in [2.75, 3.05) is 25.4 Å². The molecule has 1 fully saturated rings. The van der Waals surface area contributed by atoms with Gasteiger partial charge in [0, 0.05) is 43.1 Å². The third-order valence-electron chi connectivity index (χ3n) is 2.85. The average Bonchev–Trinajstić information content (AvgIpc) is 2.25. The molecule has 88 valence electrons. The van der Waals surface area contributed by atoms with E-state index in [2.05, 4.69) is 11.8 Å². The molecule has 4 nitrogen and oxygen atoms in total. The molecule has 4 N–H and O–H groups in total. The number of hydrogen-bond acceptors (Lipinski definition) is 4. The minimum Gasteiger partial charge on any atom is -0.370 e. The molecule has 5 heteroatoms. The first kappa shape index (κ1) is 12.8. The molecular formula is C10H21N3OS. The molecule has 1 heterocycles. The molecular weight excluding hydrogens is 210 g/mol. The van der Waals surface area contributed by atoms with Gasteiger partial charge in [0.05, 0.1) is 0 Å². The summed E-state index contributed by atoms with van der Waals surface area (Å²) in [5.74, 6) is 0.880. The third-order valence-corrected chi connectivity index (χ3v) is 4.22. The van der Waals surface area contributed by atoms with E-state index in [0.717, 1.165) is 18.8 Å². The van der Waals surface area contributed by atoms with E-state index >= 15 is 0 Å². The first-order valence-corrected chi connectivity index (χ1v) is 6.56. The number of carbonyl (C=O) groups is 1. The lowest BCUT2D eigenvalue weighted by atomic mass is 10.1. The van der Waals surface area contributed by atoms with Crippen molar-refractivity contribution in [3.8, 4) is 0 Å². The van der Waals surface area contributed by atoms with Crippen molar-refractivity contribution < 1.29 is 4.79 Å². The molecule has 1 aliphatic heterocycles. The van der Waals surface area contributed by atoms with E-state index in [1.165, 1.54) is 6.42 Å². The van der Waals surface area contributed by atoms with E-state index in [1.807, 2.05) is 11.8 Å². The van der Waals surface area contributed by atoms with Gasteiger partial charge in [-0.05, 0) is 6.42 Å². The molecule has 1 amide bonds. The Morgan fingerprint density at radius 2 is 2.40 bits per heavy atom.